The fraction of sp³-hybridized carbons (Fsp3) is 0.133. The van der Waals surface area contributed by atoms with Gasteiger partial charge in [0.1, 0.15) is 5.82 Å². The van der Waals surface area contributed by atoms with Gasteiger partial charge in [-0.2, -0.15) is 5.10 Å². The number of hydrogen-bond acceptors (Lipinski definition) is 3. The first kappa shape index (κ1) is 13.2. The summed E-state index contributed by atoms with van der Waals surface area (Å²) in [4.78, 5) is 25.3. The van der Waals surface area contributed by atoms with Crippen molar-refractivity contribution in [2.45, 2.75) is 12.8 Å². The van der Waals surface area contributed by atoms with Crippen LogP contribution in [0.15, 0.2) is 46.4 Å². The third kappa shape index (κ3) is 2.60. The first-order valence-electron chi connectivity index (χ1n) is 6.48. The van der Waals surface area contributed by atoms with E-state index in [1.807, 2.05) is 0 Å². The van der Waals surface area contributed by atoms with Gasteiger partial charge in [0.05, 0.1) is 5.71 Å². The predicted octanol–water partition coefficient (Wildman–Crippen LogP) is 1.80. The quantitative estimate of drug-likeness (QED) is 0.882. The van der Waals surface area contributed by atoms with E-state index < -0.39 is 5.82 Å². The number of nitrogens with zero attached hydrogens (tertiary/aromatic N) is 1. The minimum absolute atomic E-state index is 0.147. The van der Waals surface area contributed by atoms with E-state index in [0.29, 0.717) is 24.1 Å². The zero-order valence-electron chi connectivity index (χ0n) is 11.0. The Balaban J connectivity index is 1.99. The van der Waals surface area contributed by atoms with Crippen molar-refractivity contribution >= 4 is 11.6 Å². The Labute approximate surface area is 119 Å². The first-order chi connectivity index (χ1) is 10.1. The number of halogens is 1. The monoisotopic (exact) mass is 285 g/mol. The van der Waals surface area contributed by atoms with Crippen LogP contribution in [0.2, 0.25) is 0 Å². The van der Waals surface area contributed by atoms with E-state index >= 15 is 0 Å². The van der Waals surface area contributed by atoms with E-state index in [9.17, 15) is 14.0 Å². The highest BCUT2D eigenvalue weighted by atomic mass is 19.1. The Morgan fingerprint density at radius 1 is 1.10 bits per heavy atom. The summed E-state index contributed by atoms with van der Waals surface area (Å²) >= 11 is 0. The Hall–Kier alpha value is -2.76. The fourth-order valence-corrected chi connectivity index (χ4v) is 2.23. The van der Waals surface area contributed by atoms with Crippen molar-refractivity contribution < 1.29 is 9.18 Å². The van der Waals surface area contributed by atoms with Gasteiger partial charge in [-0.1, -0.05) is 12.1 Å². The van der Waals surface area contributed by atoms with Crippen molar-refractivity contribution in [3.63, 3.8) is 0 Å². The number of aromatic amines is 1. The molecule has 1 aliphatic rings. The Morgan fingerprint density at radius 2 is 1.95 bits per heavy atom. The number of hydrazone groups is 1. The molecule has 0 spiro atoms. The number of H-pyrrole nitrogens is 1. The second-order valence-corrected chi connectivity index (χ2v) is 4.70. The average Bonchev–Trinajstić information content (AvgIpc) is 2.49. The molecular weight excluding hydrogens is 273 g/mol. The molecule has 21 heavy (non-hydrogen) atoms. The molecule has 2 heterocycles. The number of hydrogen-bond donors (Lipinski definition) is 2. The molecule has 0 atom stereocenters. The van der Waals surface area contributed by atoms with E-state index in [0.717, 1.165) is 0 Å². The Morgan fingerprint density at radius 3 is 2.62 bits per heavy atom. The molecular formula is C15H12FN3O2. The zero-order valence-corrected chi connectivity index (χ0v) is 11.0. The lowest BCUT2D eigenvalue weighted by Crippen LogP contribution is -2.26. The molecule has 6 heteroatoms. The Bertz CT molecular complexity index is 796. The maximum Gasteiger partial charge on any atom is 0.255 e. The highest BCUT2D eigenvalue weighted by molar-refractivity contribution is 6.04. The van der Waals surface area contributed by atoms with Gasteiger partial charge in [-0.05, 0) is 18.2 Å². The lowest BCUT2D eigenvalue weighted by atomic mass is 10.00. The fourth-order valence-electron chi connectivity index (χ4n) is 2.23. The molecule has 0 fully saturated rings. The van der Waals surface area contributed by atoms with E-state index in [1.54, 1.807) is 24.3 Å². The third-order valence-electron chi connectivity index (χ3n) is 3.32. The number of nitrogens with one attached hydrogen (secondary N) is 2. The number of rotatable bonds is 2. The van der Waals surface area contributed by atoms with Crippen LogP contribution in [-0.2, 0) is 4.79 Å². The summed E-state index contributed by atoms with van der Waals surface area (Å²) in [5.74, 6) is -0.643. The topological polar surface area (TPSA) is 74.3 Å². The van der Waals surface area contributed by atoms with Crippen LogP contribution in [0.25, 0.3) is 11.1 Å². The molecule has 1 aromatic heterocycles. The van der Waals surface area contributed by atoms with Gasteiger partial charge in [0.25, 0.3) is 5.56 Å². The van der Waals surface area contributed by atoms with Gasteiger partial charge in [0.2, 0.25) is 5.91 Å². The van der Waals surface area contributed by atoms with Crippen LogP contribution in [0.5, 0.6) is 0 Å². The Kier molecular flexibility index (Phi) is 3.35. The highest BCUT2D eigenvalue weighted by Crippen LogP contribution is 2.22. The predicted molar refractivity (Wildman–Crippen MR) is 76.4 cm³/mol. The molecule has 3 rings (SSSR count). The average molecular weight is 285 g/mol. The summed E-state index contributed by atoms with van der Waals surface area (Å²) in [5.41, 5.74) is 3.78. The molecule has 2 aromatic rings. The van der Waals surface area contributed by atoms with Crippen molar-refractivity contribution in [3.05, 3.63) is 58.3 Å². The number of benzene rings is 1. The summed E-state index contributed by atoms with van der Waals surface area (Å²) in [6.07, 6.45) is 2.30. The molecule has 0 saturated heterocycles. The first-order valence-corrected chi connectivity index (χ1v) is 6.48. The summed E-state index contributed by atoms with van der Waals surface area (Å²) < 4.78 is 14.3. The van der Waals surface area contributed by atoms with Crippen LogP contribution in [0, 0.1) is 5.82 Å². The molecule has 1 aliphatic heterocycles. The molecule has 1 aromatic carbocycles. The van der Waals surface area contributed by atoms with E-state index in [-0.39, 0.29) is 22.6 Å². The lowest BCUT2D eigenvalue weighted by molar-refractivity contribution is -0.121. The largest absolute Gasteiger partial charge is 0.329 e. The van der Waals surface area contributed by atoms with Gasteiger partial charge < -0.3 is 4.98 Å². The molecule has 0 unspecified atom stereocenters. The van der Waals surface area contributed by atoms with Gasteiger partial charge in [-0.15, -0.1) is 0 Å². The molecule has 2 N–H and O–H groups in total. The van der Waals surface area contributed by atoms with Crippen LogP contribution < -0.4 is 11.0 Å². The highest BCUT2D eigenvalue weighted by Gasteiger charge is 2.16. The number of amides is 1. The van der Waals surface area contributed by atoms with Crippen molar-refractivity contribution in [2.24, 2.45) is 5.10 Å². The van der Waals surface area contributed by atoms with Crippen LogP contribution >= 0.6 is 0 Å². The van der Waals surface area contributed by atoms with Crippen molar-refractivity contribution in [1.82, 2.24) is 10.4 Å². The number of carbonyl (C=O) groups excluding carboxylic acids is 1. The molecule has 106 valence electrons. The van der Waals surface area contributed by atoms with Crippen molar-refractivity contribution in [1.29, 1.82) is 0 Å². The number of aromatic nitrogens is 1. The lowest BCUT2D eigenvalue weighted by Gasteiger charge is -2.13. The summed E-state index contributed by atoms with van der Waals surface area (Å²) in [6.45, 7) is 0. The smallest absolute Gasteiger partial charge is 0.255 e. The minimum Gasteiger partial charge on any atom is -0.329 e. The summed E-state index contributed by atoms with van der Waals surface area (Å²) in [6, 6.07) is 7.79. The van der Waals surface area contributed by atoms with Crippen LogP contribution in [0.4, 0.5) is 4.39 Å². The van der Waals surface area contributed by atoms with Gasteiger partial charge in [-0.3, -0.25) is 9.59 Å². The molecule has 0 aliphatic carbocycles. The number of pyridine rings is 1. The van der Waals surface area contributed by atoms with Crippen LogP contribution in [-0.4, -0.2) is 16.6 Å². The maximum atomic E-state index is 14.3. The van der Waals surface area contributed by atoms with E-state index in [2.05, 4.69) is 15.5 Å². The molecule has 5 nitrogen and oxygen atoms in total. The van der Waals surface area contributed by atoms with Crippen LogP contribution in [0.3, 0.4) is 0 Å². The summed E-state index contributed by atoms with van der Waals surface area (Å²) in [7, 11) is 0. The van der Waals surface area contributed by atoms with Crippen LogP contribution in [0.1, 0.15) is 18.4 Å². The second kappa shape index (κ2) is 5.32. The van der Waals surface area contributed by atoms with Gasteiger partial charge >= 0.3 is 0 Å². The zero-order chi connectivity index (χ0) is 14.8. The third-order valence-corrected chi connectivity index (χ3v) is 3.32. The van der Waals surface area contributed by atoms with E-state index in [1.165, 1.54) is 12.3 Å². The summed E-state index contributed by atoms with van der Waals surface area (Å²) in [5, 5.41) is 3.92. The second-order valence-electron chi connectivity index (χ2n) is 4.70. The molecule has 0 saturated carbocycles. The van der Waals surface area contributed by atoms with Crippen molar-refractivity contribution in [3.8, 4) is 11.1 Å². The van der Waals surface area contributed by atoms with Gasteiger partial charge in [-0.25, -0.2) is 9.82 Å². The standard InChI is InChI=1S/C15H12FN3O2/c16-12-8-9(13-5-6-14(20)19-18-13)3-4-10(12)11-2-1-7-17-15(11)21/h1-4,7-8H,5-6H2,(H,17,21)(H,19,20). The number of carbonyl (C=O) groups is 1. The molecule has 0 bridgehead atoms. The van der Waals surface area contributed by atoms with Gasteiger partial charge in [0, 0.05) is 35.7 Å². The normalized spacial score (nSPS) is 14.5. The van der Waals surface area contributed by atoms with E-state index in [4.69, 9.17) is 0 Å². The van der Waals surface area contributed by atoms with Gasteiger partial charge in [0.15, 0.2) is 0 Å². The van der Waals surface area contributed by atoms with Crippen molar-refractivity contribution in [2.75, 3.05) is 0 Å². The maximum absolute atomic E-state index is 14.3. The molecule has 0 radical (unpaired) electrons. The SMILES string of the molecule is O=C1CCC(c2ccc(-c3ccc[nH]c3=O)c(F)c2)=NN1. The molecule has 1 amide bonds. The minimum atomic E-state index is -0.496.